The van der Waals surface area contributed by atoms with E-state index in [4.69, 9.17) is 10.7 Å². The molecule has 0 radical (unpaired) electrons. The summed E-state index contributed by atoms with van der Waals surface area (Å²) in [6.07, 6.45) is 4.02. The molecule has 1 aliphatic carbocycles. The van der Waals surface area contributed by atoms with Crippen LogP contribution < -0.4 is 0 Å². The molecule has 1 aromatic rings. The van der Waals surface area contributed by atoms with Crippen LogP contribution in [0, 0.1) is 0 Å². The topological polar surface area (TPSA) is 64.8 Å². The van der Waals surface area contributed by atoms with Gasteiger partial charge in [-0.05, 0) is 19.3 Å². The maximum absolute atomic E-state index is 11.4. The van der Waals surface area contributed by atoms with Gasteiger partial charge in [-0.1, -0.05) is 6.92 Å². The highest BCUT2D eigenvalue weighted by atomic mass is 35.7. The standard InChI is InChI=1S/C9H14ClN3O2S/c1-2-5-13-8(11-7-12-13)6-9(3-4-9)16(10,14)15/h7H,2-6H2,1H3. The molecule has 5 nitrogen and oxygen atoms in total. The minimum absolute atomic E-state index is 0.374. The highest BCUT2D eigenvalue weighted by molar-refractivity contribution is 8.15. The maximum atomic E-state index is 11.4. The van der Waals surface area contributed by atoms with Gasteiger partial charge in [0.1, 0.15) is 12.2 Å². The fraction of sp³-hybridized carbons (Fsp3) is 0.778. The maximum Gasteiger partial charge on any atom is 0.238 e. The molecular weight excluding hydrogens is 250 g/mol. The summed E-state index contributed by atoms with van der Waals surface area (Å²) in [5, 5.41) is 4.07. The van der Waals surface area contributed by atoms with Crippen LogP contribution in [-0.2, 0) is 22.0 Å². The Morgan fingerprint density at radius 2 is 2.25 bits per heavy atom. The fourth-order valence-electron chi connectivity index (χ4n) is 1.76. The summed E-state index contributed by atoms with van der Waals surface area (Å²) in [5.74, 6) is 0.712. The first-order valence-corrected chi connectivity index (χ1v) is 7.60. The van der Waals surface area contributed by atoms with Crippen LogP contribution in [0.2, 0.25) is 0 Å². The molecule has 1 aliphatic rings. The second kappa shape index (κ2) is 4.00. The smallest absolute Gasteiger partial charge is 0.238 e. The van der Waals surface area contributed by atoms with Crippen LogP contribution in [0.25, 0.3) is 0 Å². The van der Waals surface area contributed by atoms with E-state index in [0.29, 0.717) is 25.1 Å². The number of aromatic nitrogens is 3. The Labute approximate surface area is 99.2 Å². The van der Waals surface area contributed by atoms with Gasteiger partial charge >= 0.3 is 0 Å². The van der Waals surface area contributed by atoms with E-state index in [0.717, 1.165) is 13.0 Å². The monoisotopic (exact) mass is 263 g/mol. The van der Waals surface area contributed by atoms with Gasteiger partial charge in [0.2, 0.25) is 9.05 Å². The van der Waals surface area contributed by atoms with Crippen molar-refractivity contribution in [1.29, 1.82) is 0 Å². The Morgan fingerprint density at radius 1 is 1.56 bits per heavy atom. The molecule has 1 heterocycles. The van der Waals surface area contributed by atoms with E-state index >= 15 is 0 Å². The number of hydrogen-bond donors (Lipinski definition) is 0. The summed E-state index contributed by atoms with van der Waals surface area (Å²) in [6.45, 7) is 2.80. The van der Waals surface area contributed by atoms with Crippen LogP contribution in [0.4, 0.5) is 0 Å². The van der Waals surface area contributed by atoms with Crippen molar-refractivity contribution in [3.8, 4) is 0 Å². The van der Waals surface area contributed by atoms with Gasteiger partial charge < -0.3 is 0 Å². The molecule has 0 spiro atoms. The zero-order valence-electron chi connectivity index (χ0n) is 9.06. The summed E-state index contributed by atoms with van der Waals surface area (Å²) >= 11 is 0. The molecule has 0 atom stereocenters. The van der Waals surface area contributed by atoms with E-state index in [9.17, 15) is 8.42 Å². The van der Waals surface area contributed by atoms with Gasteiger partial charge in [0.25, 0.3) is 0 Å². The Morgan fingerprint density at radius 3 is 2.75 bits per heavy atom. The third kappa shape index (κ3) is 2.08. The summed E-state index contributed by atoms with van der Waals surface area (Å²) in [5.41, 5.74) is 0. The van der Waals surface area contributed by atoms with Crippen molar-refractivity contribution in [2.75, 3.05) is 0 Å². The summed E-state index contributed by atoms with van der Waals surface area (Å²) < 4.78 is 23.8. The van der Waals surface area contributed by atoms with E-state index < -0.39 is 13.8 Å². The van der Waals surface area contributed by atoms with Gasteiger partial charge in [-0.15, -0.1) is 0 Å². The van der Waals surface area contributed by atoms with Crippen molar-refractivity contribution in [1.82, 2.24) is 14.8 Å². The first kappa shape index (κ1) is 11.9. The molecular formula is C9H14ClN3O2S. The van der Waals surface area contributed by atoms with Crippen molar-refractivity contribution in [3.63, 3.8) is 0 Å². The SMILES string of the molecule is CCCn1ncnc1CC1(S(=O)(=O)Cl)CC1. The van der Waals surface area contributed by atoms with E-state index in [1.165, 1.54) is 6.33 Å². The van der Waals surface area contributed by atoms with E-state index in [2.05, 4.69) is 10.1 Å². The Balaban J connectivity index is 2.19. The average Bonchev–Trinajstić information content (AvgIpc) is 2.84. The molecule has 1 saturated carbocycles. The zero-order chi connectivity index (χ0) is 11.8. The predicted molar refractivity (Wildman–Crippen MR) is 60.8 cm³/mol. The second-order valence-corrected chi connectivity index (χ2v) is 7.16. The zero-order valence-corrected chi connectivity index (χ0v) is 10.6. The third-order valence-electron chi connectivity index (χ3n) is 2.94. The predicted octanol–water partition coefficient (Wildman–Crippen LogP) is 1.33. The Kier molecular flexibility index (Phi) is 2.96. The number of nitrogens with zero attached hydrogens (tertiary/aromatic N) is 3. The van der Waals surface area contributed by atoms with Crippen LogP contribution in [-0.4, -0.2) is 27.9 Å². The molecule has 0 saturated heterocycles. The quantitative estimate of drug-likeness (QED) is 0.752. The van der Waals surface area contributed by atoms with Crippen LogP contribution in [0.1, 0.15) is 32.0 Å². The minimum atomic E-state index is -3.51. The fourth-order valence-corrected chi connectivity index (χ4v) is 3.28. The molecule has 0 aliphatic heterocycles. The molecule has 0 N–H and O–H groups in total. The van der Waals surface area contributed by atoms with Crippen LogP contribution in [0.3, 0.4) is 0 Å². The first-order chi connectivity index (χ1) is 7.48. The third-order valence-corrected chi connectivity index (χ3v) is 5.51. The molecule has 1 aromatic heterocycles. The largest absolute Gasteiger partial charge is 0.250 e. The second-order valence-electron chi connectivity index (χ2n) is 4.20. The summed E-state index contributed by atoms with van der Waals surface area (Å²) in [7, 11) is 1.94. The lowest BCUT2D eigenvalue weighted by atomic mass is 10.2. The lowest BCUT2D eigenvalue weighted by Crippen LogP contribution is -2.23. The van der Waals surface area contributed by atoms with Gasteiger partial charge in [0.05, 0.1) is 4.75 Å². The molecule has 0 bridgehead atoms. The number of rotatable bonds is 5. The molecule has 1 fully saturated rings. The van der Waals surface area contributed by atoms with Crippen molar-refractivity contribution >= 4 is 19.7 Å². The average molecular weight is 264 g/mol. The number of aryl methyl sites for hydroxylation is 1. The summed E-state index contributed by atoms with van der Waals surface area (Å²) in [4.78, 5) is 4.10. The van der Waals surface area contributed by atoms with Crippen LogP contribution >= 0.6 is 10.7 Å². The van der Waals surface area contributed by atoms with Gasteiger partial charge in [0, 0.05) is 23.6 Å². The highest BCUT2D eigenvalue weighted by Gasteiger charge is 2.54. The van der Waals surface area contributed by atoms with Crippen LogP contribution in [0.5, 0.6) is 0 Å². The van der Waals surface area contributed by atoms with Crippen molar-refractivity contribution in [2.24, 2.45) is 0 Å². The van der Waals surface area contributed by atoms with Gasteiger partial charge in [-0.2, -0.15) is 5.10 Å². The molecule has 2 rings (SSSR count). The highest BCUT2D eigenvalue weighted by Crippen LogP contribution is 2.47. The lowest BCUT2D eigenvalue weighted by Gasteiger charge is -2.11. The number of halogens is 1. The van der Waals surface area contributed by atoms with Crippen molar-refractivity contribution in [3.05, 3.63) is 12.2 Å². The molecule has 0 unspecified atom stereocenters. The van der Waals surface area contributed by atoms with Gasteiger partial charge in [-0.3, -0.25) is 4.68 Å². The Hall–Kier alpha value is -0.620. The van der Waals surface area contributed by atoms with Gasteiger partial charge in [-0.25, -0.2) is 13.4 Å². The van der Waals surface area contributed by atoms with E-state index in [1.54, 1.807) is 4.68 Å². The molecule has 16 heavy (non-hydrogen) atoms. The molecule has 0 amide bonds. The van der Waals surface area contributed by atoms with E-state index in [-0.39, 0.29) is 0 Å². The van der Waals surface area contributed by atoms with Gasteiger partial charge in [0.15, 0.2) is 0 Å². The van der Waals surface area contributed by atoms with E-state index in [1.807, 2.05) is 6.92 Å². The lowest BCUT2D eigenvalue weighted by molar-refractivity contribution is 0.550. The normalized spacial score (nSPS) is 18.6. The minimum Gasteiger partial charge on any atom is -0.250 e. The molecule has 90 valence electrons. The van der Waals surface area contributed by atoms with Crippen molar-refractivity contribution in [2.45, 2.75) is 43.9 Å². The van der Waals surface area contributed by atoms with Crippen molar-refractivity contribution < 1.29 is 8.42 Å². The Bertz CT molecular complexity index is 479. The first-order valence-electron chi connectivity index (χ1n) is 5.29. The molecule has 0 aromatic carbocycles. The number of hydrogen-bond acceptors (Lipinski definition) is 4. The van der Waals surface area contributed by atoms with Crippen LogP contribution in [0.15, 0.2) is 6.33 Å². The summed E-state index contributed by atoms with van der Waals surface area (Å²) in [6, 6.07) is 0. The molecule has 7 heteroatoms.